The van der Waals surface area contributed by atoms with Gasteiger partial charge in [-0.1, -0.05) is 60.3 Å². The Morgan fingerprint density at radius 1 is 1.00 bits per heavy atom. The molecule has 3 rings (SSSR count). The molecule has 2 aromatic carbocycles. The monoisotopic (exact) mass is 372 g/mol. The SMILES string of the molecule is Cn1c(-c2ccccc2)cnc1SCCCS(=O)(=O)c1ccccc1. The highest BCUT2D eigenvalue weighted by Crippen LogP contribution is 2.25. The second-order valence-electron chi connectivity index (χ2n) is 5.68. The highest BCUT2D eigenvalue weighted by atomic mass is 32.2. The number of hydrogen-bond acceptors (Lipinski definition) is 4. The second kappa shape index (κ2) is 7.89. The van der Waals surface area contributed by atoms with Crippen LogP contribution < -0.4 is 0 Å². The minimum Gasteiger partial charge on any atom is -0.322 e. The number of benzene rings is 2. The van der Waals surface area contributed by atoms with Crippen LogP contribution in [0.1, 0.15) is 6.42 Å². The van der Waals surface area contributed by atoms with Crippen LogP contribution in [0, 0.1) is 0 Å². The zero-order valence-corrected chi connectivity index (χ0v) is 15.6. The van der Waals surface area contributed by atoms with Crippen LogP contribution in [0.4, 0.5) is 0 Å². The van der Waals surface area contributed by atoms with Gasteiger partial charge in [-0.15, -0.1) is 0 Å². The molecular weight excluding hydrogens is 352 g/mol. The van der Waals surface area contributed by atoms with E-state index in [0.29, 0.717) is 17.1 Å². The summed E-state index contributed by atoms with van der Waals surface area (Å²) in [6, 6.07) is 18.7. The first-order valence-electron chi connectivity index (χ1n) is 8.06. The van der Waals surface area contributed by atoms with Crippen molar-refractivity contribution >= 4 is 21.6 Å². The lowest BCUT2D eigenvalue weighted by atomic mass is 10.2. The summed E-state index contributed by atoms with van der Waals surface area (Å²) in [5.74, 6) is 0.866. The van der Waals surface area contributed by atoms with Gasteiger partial charge in [0.2, 0.25) is 0 Å². The number of hydrogen-bond donors (Lipinski definition) is 0. The molecule has 0 atom stereocenters. The molecule has 0 radical (unpaired) electrons. The van der Waals surface area contributed by atoms with E-state index in [1.807, 2.05) is 42.1 Å². The predicted molar refractivity (Wildman–Crippen MR) is 102 cm³/mol. The summed E-state index contributed by atoms with van der Waals surface area (Å²) < 4.78 is 26.6. The number of sulfone groups is 1. The van der Waals surface area contributed by atoms with Crippen LogP contribution in [0.5, 0.6) is 0 Å². The van der Waals surface area contributed by atoms with E-state index in [-0.39, 0.29) is 5.75 Å². The van der Waals surface area contributed by atoms with E-state index in [0.717, 1.165) is 16.4 Å². The quantitative estimate of drug-likeness (QED) is 0.464. The van der Waals surface area contributed by atoms with Crippen LogP contribution >= 0.6 is 11.8 Å². The van der Waals surface area contributed by atoms with Gasteiger partial charge >= 0.3 is 0 Å². The summed E-state index contributed by atoms with van der Waals surface area (Å²) in [5.41, 5.74) is 2.18. The Labute approximate surface area is 152 Å². The maximum Gasteiger partial charge on any atom is 0.178 e. The third-order valence-corrected chi connectivity index (χ3v) is 6.85. The highest BCUT2D eigenvalue weighted by molar-refractivity contribution is 7.99. The molecule has 0 aliphatic carbocycles. The van der Waals surface area contributed by atoms with Crippen molar-refractivity contribution < 1.29 is 8.42 Å². The Balaban J connectivity index is 1.58. The first-order valence-corrected chi connectivity index (χ1v) is 10.7. The summed E-state index contributed by atoms with van der Waals surface area (Å²) in [5, 5.41) is 0.899. The number of imidazole rings is 1. The van der Waals surface area contributed by atoms with Crippen molar-refractivity contribution in [1.82, 2.24) is 9.55 Å². The van der Waals surface area contributed by atoms with E-state index in [1.165, 1.54) is 0 Å². The van der Waals surface area contributed by atoms with Gasteiger partial charge in [-0.05, 0) is 24.1 Å². The molecule has 0 amide bonds. The number of thioether (sulfide) groups is 1. The Morgan fingerprint density at radius 2 is 1.64 bits per heavy atom. The Bertz CT molecular complexity index is 921. The molecule has 130 valence electrons. The normalized spacial score (nSPS) is 11.6. The molecule has 0 aliphatic rings. The van der Waals surface area contributed by atoms with Gasteiger partial charge in [-0.25, -0.2) is 13.4 Å². The van der Waals surface area contributed by atoms with E-state index in [4.69, 9.17) is 0 Å². The molecule has 0 bridgehead atoms. The van der Waals surface area contributed by atoms with Gasteiger partial charge in [0.05, 0.1) is 22.5 Å². The maximum atomic E-state index is 12.3. The van der Waals surface area contributed by atoms with Gasteiger partial charge in [0, 0.05) is 12.8 Å². The average molecular weight is 373 g/mol. The fourth-order valence-electron chi connectivity index (χ4n) is 2.56. The Kier molecular flexibility index (Phi) is 5.60. The summed E-state index contributed by atoms with van der Waals surface area (Å²) >= 11 is 1.59. The summed E-state index contributed by atoms with van der Waals surface area (Å²) in [6.45, 7) is 0. The molecule has 3 aromatic rings. The van der Waals surface area contributed by atoms with E-state index in [9.17, 15) is 8.42 Å². The summed E-state index contributed by atoms with van der Waals surface area (Å²) in [6.07, 6.45) is 2.45. The molecule has 0 unspecified atom stereocenters. The molecule has 0 saturated heterocycles. The standard InChI is InChI=1S/C19H20N2O2S2/c1-21-18(16-9-4-2-5-10-16)15-20-19(21)24-13-8-14-25(22,23)17-11-6-3-7-12-17/h2-7,9-12,15H,8,13-14H2,1H3. The molecule has 1 aromatic heterocycles. The van der Waals surface area contributed by atoms with Crippen LogP contribution in [0.25, 0.3) is 11.3 Å². The molecule has 0 fully saturated rings. The average Bonchev–Trinajstić information content (AvgIpc) is 3.01. The van der Waals surface area contributed by atoms with Gasteiger partial charge in [0.1, 0.15) is 0 Å². The fraction of sp³-hybridized carbons (Fsp3) is 0.211. The molecule has 4 nitrogen and oxygen atoms in total. The minimum absolute atomic E-state index is 0.153. The van der Waals surface area contributed by atoms with Crippen molar-refractivity contribution in [2.45, 2.75) is 16.5 Å². The van der Waals surface area contributed by atoms with E-state index < -0.39 is 9.84 Å². The largest absolute Gasteiger partial charge is 0.322 e. The topological polar surface area (TPSA) is 52.0 Å². The Morgan fingerprint density at radius 3 is 2.32 bits per heavy atom. The molecule has 1 heterocycles. The van der Waals surface area contributed by atoms with Gasteiger partial charge in [-0.2, -0.15) is 0 Å². The minimum atomic E-state index is -3.20. The first kappa shape index (κ1) is 17.8. The van der Waals surface area contributed by atoms with Crippen LogP contribution in [0.3, 0.4) is 0 Å². The summed E-state index contributed by atoms with van der Waals surface area (Å²) in [4.78, 5) is 4.85. The first-order chi connectivity index (χ1) is 12.1. The van der Waals surface area contributed by atoms with Gasteiger partial charge in [0.25, 0.3) is 0 Å². The van der Waals surface area contributed by atoms with Crippen LogP contribution in [-0.4, -0.2) is 29.5 Å². The molecule has 6 heteroatoms. The third-order valence-electron chi connectivity index (χ3n) is 3.91. The molecule has 0 aliphatic heterocycles. The van der Waals surface area contributed by atoms with E-state index in [2.05, 4.69) is 17.1 Å². The molecule has 25 heavy (non-hydrogen) atoms. The van der Waals surface area contributed by atoms with Crippen molar-refractivity contribution in [2.24, 2.45) is 7.05 Å². The van der Waals surface area contributed by atoms with Gasteiger partial charge in [-0.3, -0.25) is 0 Å². The zero-order chi connectivity index (χ0) is 17.7. The van der Waals surface area contributed by atoms with Gasteiger partial charge in [0.15, 0.2) is 15.0 Å². The van der Waals surface area contributed by atoms with Crippen molar-refractivity contribution in [3.63, 3.8) is 0 Å². The van der Waals surface area contributed by atoms with Crippen molar-refractivity contribution in [3.05, 3.63) is 66.9 Å². The van der Waals surface area contributed by atoms with E-state index >= 15 is 0 Å². The van der Waals surface area contributed by atoms with Crippen LogP contribution in [0.15, 0.2) is 76.9 Å². The number of rotatable bonds is 7. The lowest BCUT2D eigenvalue weighted by Crippen LogP contribution is -2.07. The van der Waals surface area contributed by atoms with Crippen molar-refractivity contribution in [1.29, 1.82) is 0 Å². The van der Waals surface area contributed by atoms with Crippen LogP contribution in [0.2, 0.25) is 0 Å². The van der Waals surface area contributed by atoms with Gasteiger partial charge < -0.3 is 4.57 Å². The molecule has 0 spiro atoms. The lowest BCUT2D eigenvalue weighted by molar-refractivity contribution is 0.595. The lowest BCUT2D eigenvalue weighted by Gasteiger charge is -2.06. The zero-order valence-electron chi connectivity index (χ0n) is 14.0. The van der Waals surface area contributed by atoms with E-state index in [1.54, 1.807) is 36.0 Å². The highest BCUT2D eigenvalue weighted by Gasteiger charge is 2.14. The molecular formula is C19H20N2O2S2. The number of nitrogens with zero attached hydrogens (tertiary/aromatic N) is 2. The number of aromatic nitrogens is 2. The van der Waals surface area contributed by atoms with Crippen molar-refractivity contribution in [2.75, 3.05) is 11.5 Å². The summed E-state index contributed by atoms with van der Waals surface area (Å²) in [7, 11) is -1.22. The third kappa shape index (κ3) is 4.32. The predicted octanol–water partition coefficient (Wildman–Crippen LogP) is 4.04. The smallest absolute Gasteiger partial charge is 0.178 e. The Hall–Kier alpha value is -2.05. The van der Waals surface area contributed by atoms with Crippen molar-refractivity contribution in [3.8, 4) is 11.3 Å². The second-order valence-corrected chi connectivity index (χ2v) is 8.86. The van der Waals surface area contributed by atoms with Crippen LogP contribution in [-0.2, 0) is 16.9 Å². The molecule has 0 N–H and O–H groups in total. The maximum absolute atomic E-state index is 12.3. The fourth-order valence-corrected chi connectivity index (χ4v) is 4.97. The molecule has 0 saturated carbocycles.